The molecule has 0 spiro atoms. The van der Waals surface area contributed by atoms with Gasteiger partial charge in [0, 0.05) is 16.7 Å². The van der Waals surface area contributed by atoms with Gasteiger partial charge in [0.25, 0.3) is 5.91 Å². The minimum absolute atomic E-state index is 0.0583. The van der Waals surface area contributed by atoms with Gasteiger partial charge in [-0.05, 0) is 52.7 Å². The number of esters is 1. The van der Waals surface area contributed by atoms with Crippen molar-refractivity contribution in [2.45, 2.75) is 6.92 Å². The summed E-state index contributed by atoms with van der Waals surface area (Å²) >= 11 is 3.37. The first kappa shape index (κ1) is 19.0. The van der Waals surface area contributed by atoms with Crippen molar-refractivity contribution in [1.82, 2.24) is 0 Å². The summed E-state index contributed by atoms with van der Waals surface area (Å²) in [7, 11) is 0. The number of anilines is 2. The Morgan fingerprint density at radius 3 is 2.64 bits per heavy atom. The van der Waals surface area contributed by atoms with Gasteiger partial charge in [0.1, 0.15) is 0 Å². The minimum Gasteiger partial charge on any atom is -0.452 e. The fraction of sp³-hybridized carbons (Fsp3) is 0.222. The van der Waals surface area contributed by atoms with Crippen molar-refractivity contribution in [3.8, 4) is 0 Å². The molecule has 0 bridgehead atoms. The van der Waals surface area contributed by atoms with Crippen LogP contribution >= 0.6 is 15.9 Å². The van der Waals surface area contributed by atoms with Crippen molar-refractivity contribution in [3.63, 3.8) is 0 Å². The lowest BCUT2D eigenvalue weighted by Gasteiger charge is -2.11. The number of amides is 1. The lowest BCUT2D eigenvalue weighted by atomic mass is 10.2. The SMILES string of the molecule is Cc1ccc(NC(=O)COC(=O)c2ccccc2NCCO)c(Br)c1. The number of aryl methyl sites for hydroxylation is 1. The third kappa shape index (κ3) is 5.58. The average Bonchev–Trinajstić information content (AvgIpc) is 2.60. The lowest BCUT2D eigenvalue weighted by Crippen LogP contribution is -2.21. The van der Waals surface area contributed by atoms with Crippen LogP contribution in [0.5, 0.6) is 0 Å². The first-order valence-corrected chi connectivity index (χ1v) is 8.47. The molecule has 7 heteroatoms. The Labute approximate surface area is 154 Å². The zero-order valence-electron chi connectivity index (χ0n) is 13.7. The molecule has 2 rings (SSSR count). The Balaban J connectivity index is 1.94. The largest absolute Gasteiger partial charge is 0.452 e. The maximum absolute atomic E-state index is 12.2. The molecule has 0 aromatic heterocycles. The van der Waals surface area contributed by atoms with E-state index < -0.39 is 18.5 Å². The van der Waals surface area contributed by atoms with Gasteiger partial charge in [-0.15, -0.1) is 0 Å². The first-order valence-electron chi connectivity index (χ1n) is 7.68. The predicted octanol–water partition coefficient (Wildman–Crippen LogP) is 2.96. The fourth-order valence-electron chi connectivity index (χ4n) is 2.12. The van der Waals surface area contributed by atoms with E-state index in [9.17, 15) is 9.59 Å². The van der Waals surface area contributed by atoms with Crippen LogP contribution in [-0.2, 0) is 9.53 Å². The molecule has 0 aliphatic carbocycles. The van der Waals surface area contributed by atoms with Crippen LogP contribution in [0.3, 0.4) is 0 Å². The molecule has 0 fully saturated rings. The second-order valence-corrected chi connectivity index (χ2v) is 6.16. The summed E-state index contributed by atoms with van der Waals surface area (Å²) in [5, 5.41) is 14.5. The van der Waals surface area contributed by atoms with Gasteiger partial charge in [-0.25, -0.2) is 4.79 Å². The first-order chi connectivity index (χ1) is 12.0. The number of para-hydroxylation sites is 1. The van der Waals surface area contributed by atoms with Gasteiger partial charge in [0.2, 0.25) is 0 Å². The monoisotopic (exact) mass is 406 g/mol. The van der Waals surface area contributed by atoms with Crippen molar-refractivity contribution in [1.29, 1.82) is 0 Å². The molecule has 1 amide bonds. The van der Waals surface area contributed by atoms with Gasteiger partial charge in [-0.1, -0.05) is 18.2 Å². The second kappa shape index (κ2) is 9.19. The molecule has 2 aromatic rings. The summed E-state index contributed by atoms with van der Waals surface area (Å²) in [6, 6.07) is 12.3. The Morgan fingerprint density at radius 1 is 1.16 bits per heavy atom. The standard InChI is InChI=1S/C18H19BrN2O4/c1-12-6-7-16(14(19)10-12)21-17(23)11-25-18(24)13-4-2-3-5-15(13)20-8-9-22/h2-7,10,20,22H,8-9,11H2,1H3,(H,21,23). The molecule has 0 aliphatic rings. The quantitative estimate of drug-likeness (QED) is 0.615. The number of hydrogen-bond donors (Lipinski definition) is 3. The van der Waals surface area contributed by atoms with E-state index in [0.29, 0.717) is 23.5 Å². The van der Waals surface area contributed by atoms with Crippen molar-refractivity contribution < 1.29 is 19.4 Å². The van der Waals surface area contributed by atoms with Crippen LogP contribution in [0, 0.1) is 6.92 Å². The molecule has 0 saturated heterocycles. The van der Waals surface area contributed by atoms with Gasteiger partial charge in [0.15, 0.2) is 6.61 Å². The number of carbonyl (C=O) groups excluding carboxylic acids is 2. The average molecular weight is 407 g/mol. The number of halogens is 1. The molecule has 0 heterocycles. The summed E-state index contributed by atoms with van der Waals surface area (Å²) in [6.45, 7) is 1.80. The number of aliphatic hydroxyl groups is 1. The smallest absolute Gasteiger partial charge is 0.340 e. The summed E-state index contributed by atoms with van der Waals surface area (Å²) in [5.74, 6) is -1.04. The predicted molar refractivity (Wildman–Crippen MR) is 99.8 cm³/mol. The van der Waals surface area contributed by atoms with E-state index >= 15 is 0 Å². The molecule has 132 valence electrons. The highest BCUT2D eigenvalue weighted by atomic mass is 79.9. The summed E-state index contributed by atoms with van der Waals surface area (Å²) in [6.07, 6.45) is 0. The van der Waals surface area contributed by atoms with Crippen LogP contribution in [0.25, 0.3) is 0 Å². The van der Waals surface area contributed by atoms with Crippen LogP contribution in [0.4, 0.5) is 11.4 Å². The van der Waals surface area contributed by atoms with E-state index in [1.54, 1.807) is 30.3 Å². The number of carbonyl (C=O) groups is 2. The van der Waals surface area contributed by atoms with E-state index in [1.807, 2.05) is 19.1 Å². The van der Waals surface area contributed by atoms with E-state index in [0.717, 1.165) is 10.0 Å². The molecule has 0 aliphatic heterocycles. The maximum atomic E-state index is 12.2. The lowest BCUT2D eigenvalue weighted by molar-refractivity contribution is -0.119. The summed E-state index contributed by atoms with van der Waals surface area (Å²) in [5.41, 5.74) is 2.52. The number of hydrogen-bond acceptors (Lipinski definition) is 5. The highest BCUT2D eigenvalue weighted by Gasteiger charge is 2.14. The molecular weight excluding hydrogens is 388 g/mol. The third-order valence-electron chi connectivity index (χ3n) is 3.31. The molecule has 3 N–H and O–H groups in total. The highest BCUT2D eigenvalue weighted by Crippen LogP contribution is 2.23. The highest BCUT2D eigenvalue weighted by molar-refractivity contribution is 9.10. The van der Waals surface area contributed by atoms with Gasteiger partial charge < -0.3 is 20.5 Å². The number of rotatable bonds is 7. The number of benzene rings is 2. The van der Waals surface area contributed by atoms with Crippen molar-refractivity contribution in [2.75, 3.05) is 30.4 Å². The third-order valence-corrected chi connectivity index (χ3v) is 3.96. The normalized spacial score (nSPS) is 10.2. The van der Waals surface area contributed by atoms with Crippen molar-refractivity contribution in [3.05, 3.63) is 58.1 Å². The minimum atomic E-state index is -0.612. The number of nitrogens with one attached hydrogen (secondary N) is 2. The maximum Gasteiger partial charge on any atom is 0.340 e. The number of ether oxygens (including phenoxy) is 1. The van der Waals surface area contributed by atoms with Crippen molar-refractivity contribution >= 4 is 39.2 Å². The molecule has 0 radical (unpaired) electrons. The van der Waals surface area contributed by atoms with E-state index in [-0.39, 0.29) is 6.61 Å². The van der Waals surface area contributed by atoms with Gasteiger partial charge in [-0.3, -0.25) is 4.79 Å². The molecular formula is C18H19BrN2O4. The second-order valence-electron chi connectivity index (χ2n) is 5.30. The van der Waals surface area contributed by atoms with Crippen LogP contribution in [0.15, 0.2) is 46.9 Å². The van der Waals surface area contributed by atoms with Crippen molar-refractivity contribution in [2.24, 2.45) is 0 Å². The zero-order chi connectivity index (χ0) is 18.2. The number of aliphatic hydroxyl groups excluding tert-OH is 1. The Morgan fingerprint density at radius 2 is 1.92 bits per heavy atom. The zero-order valence-corrected chi connectivity index (χ0v) is 15.3. The molecule has 6 nitrogen and oxygen atoms in total. The van der Waals surface area contributed by atoms with Gasteiger partial charge >= 0.3 is 5.97 Å². The molecule has 0 saturated carbocycles. The summed E-state index contributed by atoms with van der Waals surface area (Å²) in [4.78, 5) is 24.2. The topological polar surface area (TPSA) is 87.7 Å². The Hall–Kier alpha value is -2.38. The van der Waals surface area contributed by atoms with Gasteiger partial charge in [0.05, 0.1) is 17.9 Å². The molecule has 0 atom stereocenters. The van der Waals surface area contributed by atoms with E-state index in [4.69, 9.17) is 9.84 Å². The Kier molecular flexibility index (Phi) is 6.97. The van der Waals surface area contributed by atoms with Crippen LogP contribution < -0.4 is 10.6 Å². The fourth-order valence-corrected chi connectivity index (χ4v) is 2.71. The molecule has 2 aromatic carbocycles. The summed E-state index contributed by atoms with van der Waals surface area (Å²) < 4.78 is 5.83. The van der Waals surface area contributed by atoms with Crippen LogP contribution in [-0.4, -0.2) is 36.7 Å². The van der Waals surface area contributed by atoms with Gasteiger partial charge in [-0.2, -0.15) is 0 Å². The molecule has 0 unspecified atom stereocenters. The van der Waals surface area contributed by atoms with Crippen LogP contribution in [0.1, 0.15) is 15.9 Å². The Bertz CT molecular complexity index is 764. The van der Waals surface area contributed by atoms with E-state index in [2.05, 4.69) is 26.6 Å². The van der Waals surface area contributed by atoms with E-state index in [1.165, 1.54) is 0 Å². The molecule has 25 heavy (non-hydrogen) atoms. The van der Waals surface area contributed by atoms with Crippen LogP contribution in [0.2, 0.25) is 0 Å².